The summed E-state index contributed by atoms with van der Waals surface area (Å²) in [5.74, 6) is 0. The molecule has 0 amide bonds. The molecule has 0 bridgehead atoms. The summed E-state index contributed by atoms with van der Waals surface area (Å²) < 4.78 is 27.3. The second-order valence-corrected chi connectivity index (χ2v) is 8.42. The number of halogens is 2. The van der Waals surface area contributed by atoms with Gasteiger partial charge in [0.1, 0.15) is 0 Å². The molecular weight excluding hydrogens is 349 g/mol. The number of benzene rings is 1. The van der Waals surface area contributed by atoms with E-state index in [1.165, 1.54) is 27.8 Å². The van der Waals surface area contributed by atoms with E-state index >= 15 is 0 Å². The average molecular weight is 362 g/mol. The van der Waals surface area contributed by atoms with Gasteiger partial charge in [-0.05, 0) is 36.4 Å². The van der Waals surface area contributed by atoms with Crippen LogP contribution in [0, 0.1) is 0 Å². The van der Waals surface area contributed by atoms with Crippen LogP contribution in [0.3, 0.4) is 0 Å². The number of sulfonamides is 1. The van der Waals surface area contributed by atoms with Crippen LogP contribution in [-0.2, 0) is 16.6 Å². The molecule has 0 saturated carbocycles. The fourth-order valence-electron chi connectivity index (χ4n) is 1.76. The summed E-state index contributed by atoms with van der Waals surface area (Å²) in [7, 11) is -3.60. The largest absolute Gasteiger partial charge is 0.243 e. The van der Waals surface area contributed by atoms with E-state index < -0.39 is 10.0 Å². The second-order valence-electron chi connectivity index (χ2n) is 4.25. The minimum Gasteiger partial charge on any atom is -0.207 e. The van der Waals surface area contributed by atoms with Crippen molar-refractivity contribution in [3.63, 3.8) is 0 Å². The van der Waals surface area contributed by atoms with Crippen LogP contribution >= 0.6 is 34.5 Å². The Morgan fingerprint density at radius 2 is 1.81 bits per heavy atom. The molecule has 0 aliphatic rings. The van der Waals surface area contributed by atoms with E-state index in [-0.39, 0.29) is 18.0 Å². The van der Waals surface area contributed by atoms with E-state index in [4.69, 9.17) is 23.2 Å². The molecule has 0 spiro atoms. The first-order valence-electron chi connectivity index (χ1n) is 6.04. The molecule has 0 saturated heterocycles. The summed E-state index contributed by atoms with van der Waals surface area (Å²) >= 11 is 13.0. The van der Waals surface area contributed by atoms with Gasteiger partial charge in [0.15, 0.2) is 0 Å². The minimum atomic E-state index is -3.60. The molecule has 7 heteroatoms. The summed E-state index contributed by atoms with van der Waals surface area (Å²) in [6.45, 7) is 4.10. The van der Waals surface area contributed by atoms with Crippen LogP contribution in [0.25, 0.3) is 0 Å². The van der Waals surface area contributed by atoms with Crippen molar-refractivity contribution in [3.05, 3.63) is 63.3 Å². The van der Waals surface area contributed by atoms with Crippen LogP contribution in [0.5, 0.6) is 0 Å². The maximum atomic E-state index is 12.7. The fraction of sp³-hybridized carbons (Fsp3) is 0.143. The molecule has 1 aromatic carbocycles. The van der Waals surface area contributed by atoms with Gasteiger partial charge in [-0.15, -0.1) is 17.9 Å². The zero-order chi connectivity index (χ0) is 15.5. The molecule has 3 nitrogen and oxygen atoms in total. The van der Waals surface area contributed by atoms with E-state index in [2.05, 4.69) is 6.58 Å². The summed E-state index contributed by atoms with van der Waals surface area (Å²) in [4.78, 5) is 1.08. The molecule has 0 N–H and O–H groups in total. The maximum Gasteiger partial charge on any atom is 0.243 e. The molecule has 0 radical (unpaired) electrons. The van der Waals surface area contributed by atoms with Crippen LogP contribution in [0.4, 0.5) is 0 Å². The summed E-state index contributed by atoms with van der Waals surface area (Å²) in [6.07, 6.45) is 1.56. The lowest BCUT2D eigenvalue weighted by Crippen LogP contribution is -2.30. The Morgan fingerprint density at radius 1 is 1.14 bits per heavy atom. The van der Waals surface area contributed by atoms with Crippen molar-refractivity contribution in [3.8, 4) is 0 Å². The predicted molar refractivity (Wildman–Crippen MR) is 88.6 cm³/mol. The van der Waals surface area contributed by atoms with Crippen molar-refractivity contribution in [2.45, 2.75) is 11.4 Å². The number of nitrogens with zero attached hydrogens (tertiary/aromatic N) is 1. The van der Waals surface area contributed by atoms with Crippen molar-refractivity contribution in [2.75, 3.05) is 6.54 Å². The third-order valence-corrected chi connectivity index (χ3v) is 6.04. The van der Waals surface area contributed by atoms with Gasteiger partial charge in [-0.3, -0.25) is 0 Å². The van der Waals surface area contributed by atoms with Crippen LogP contribution in [0.1, 0.15) is 4.88 Å². The van der Waals surface area contributed by atoms with Crippen molar-refractivity contribution in [2.24, 2.45) is 0 Å². The van der Waals surface area contributed by atoms with Crippen molar-refractivity contribution in [1.82, 2.24) is 4.31 Å². The highest BCUT2D eigenvalue weighted by Crippen LogP contribution is 2.26. The molecule has 0 fully saturated rings. The van der Waals surface area contributed by atoms with Crippen LogP contribution < -0.4 is 0 Å². The maximum absolute atomic E-state index is 12.7. The molecule has 1 aromatic heterocycles. The average Bonchev–Trinajstić information content (AvgIpc) is 2.84. The summed E-state index contributed by atoms with van der Waals surface area (Å²) in [5.41, 5.74) is 0. The molecule has 2 aromatic rings. The normalized spacial score (nSPS) is 11.8. The Bertz CT molecular complexity index is 724. The Balaban J connectivity index is 2.31. The summed E-state index contributed by atoms with van der Waals surface area (Å²) in [5, 5.41) is 0.495. The van der Waals surface area contributed by atoms with E-state index in [9.17, 15) is 8.42 Å². The fourth-order valence-corrected chi connectivity index (χ4v) is 4.46. The monoisotopic (exact) mass is 361 g/mol. The van der Waals surface area contributed by atoms with Crippen LogP contribution in [-0.4, -0.2) is 19.3 Å². The SMILES string of the molecule is C=CCN(Cc1ccc(Cl)s1)S(=O)(=O)c1ccc(Cl)cc1. The van der Waals surface area contributed by atoms with E-state index in [0.717, 1.165) is 4.88 Å². The Hall–Kier alpha value is -0.850. The summed E-state index contributed by atoms with van der Waals surface area (Å²) in [6, 6.07) is 9.68. The second kappa shape index (κ2) is 6.94. The number of hydrogen-bond donors (Lipinski definition) is 0. The third kappa shape index (κ3) is 4.08. The lowest BCUT2D eigenvalue weighted by atomic mass is 10.4. The van der Waals surface area contributed by atoms with Crippen molar-refractivity contribution in [1.29, 1.82) is 0 Å². The standard InChI is InChI=1S/C14H13Cl2NO2S2/c1-2-9-17(10-12-5-8-14(16)20-12)21(18,19)13-6-3-11(15)4-7-13/h2-8H,1,9-10H2. The minimum absolute atomic E-state index is 0.205. The number of hydrogen-bond acceptors (Lipinski definition) is 3. The third-order valence-electron chi connectivity index (χ3n) is 2.75. The molecule has 1 heterocycles. The highest BCUT2D eigenvalue weighted by Gasteiger charge is 2.24. The zero-order valence-corrected chi connectivity index (χ0v) is 14.1. The van der Waals surface area contributed by atoms with Gasteiger partial charge in [0.25, 0.3) is 0 Å². The van der Waals surface area contributed by atoms with Gasteiger partial charge in [0, 0.05) is 23.0 Å². The smallest absolute Gasteiger partial charge is 0.207 e. The van der Waals surface area contributed by atoms with Crippen LogP contribution in [0.15, 0.2) is 53.9 Å². The van der Waals surface area contributed by atoms with E-state index in [1.807, 2.05) is 6.07 Å². The molecule has 0 aliphatic heterocycles. The first kappa shape index (κ1) is 16.5. The molecule has 0 atom stereocenters. The number of rotatable bonds is 6. The van der Waals surface area contributed by atoms with Gasteiger partial charge in [0.05, 0.1) is 9.23 Å². The molecule has 0 aliphatic carbocycles. The van der Waals surface area contributed by atoms with Gasteiger partial charge in [-0.1, -0.05) is 29.3 Å². The first-order chi connectivity index (χ1) is 9.93. The highest BCUT2D eigenvalue weighted by atomic mass is 35.5. The topological polar surface area (TPSA) is 37.4 Å². The van der Waals surface area contributed by atoms with Crippen LogP contribution in [0.2, 0.25) is 9.36 Å². The Labute approximate surface area is 138 Å². The zero-order valence-electron chi connectivity index (χ0n) is 11.0. The molecule has 2 rings (SSSR count). The molecule has 21 heavy (non-hydrogen) atoms. The van der Waals surface area contributed by atoms with E-state index in [1.54, 1.807) is 24.3 Å². The first-order valence-corrected chi connectivity index (χ1v) is 9.05. The van der Waals surface area contributed by atoms with Gasteiger partial charge in [-0.25, -0.2) is 8.42 Å². The molecular formula is C14H13Cl2NO2S2. The van der Waals surface area contributed by atoms with Gasteiger partial charge >= 0.3 is 0 Å². The Morgan fingerprint density at radius 3 is 2.33 bits per heavy atom. The van der Waals surface area contributed by atoms with Gasteiger partial charge in [0.2, 0.25) is 10.0 Å². The number of thiophene rings is 1. The predicted octanol–water partition coefficient (Wildman–Crippen LogP) is 4.43. The highest BCUT2D eigenvalue weighted by molar-refractivity contribution is 7.89. The Kier molecular flexibility index (Phi) is 5.46. The van der Waals surface area contributed by atoms with Gasteiger partial charge in [-0.2, -0.15) is 4.31 Å². The molecule has 112 valence electrons. The van der Waals surface area contributed by atoms with Crippen molar-refractivity contribution < 1.29 is 8.42 Å². The van der Waals surface area contributed by atoms with Crippen molar-refractivity contribution >= 4 is 44.6 Å². The quantitative estimate of drug-likeness (QED) is 0.713. The lowest BCUT2D eigenvalue weighted by Gasteiger charge is -2.20. The van der Waals surface area contributed by atoms with E-state index in [0.29, 0.717) is 9.36 Å². The molecule has 0 unspecified atom stereocenters. The van der Waals surface area contributed by atoms with Gasteiger partial charge < -0.3 is 0 Å². The lowest BCUT2D eigenvalue weighted by molar-refractivity contribution is 0.441.